The Morgan fingerprint density at radius 3 is 1.43 bits per heavy atom. The van der Waals surface area contributed by atoms with E-state index < -0.39 is 0 Å². The van der Waals surface area contributed by atoms with Crippen LogP contribution in [0.3, 0.4) is 0 Å². The van der Waals surface area contributed by atoms with E-state index in [1.54, 1.807) is 0 Å². The van der Waals surface area contributed by atoms with Gasteiger partial charge in [-0.15, -0.1) is 0 Å². The topological polar surface area (TPSA) is 48.5 Å². The van der Waals surface area contributed by atoms with Crippen LogP contribution in [-0.4, -0.2) is 24.1 Å². The molecule has 0 aliphatic heterocycles. The van der Waals surface area contributed by atoms with Crippen LogP contribution in [0.15, 0.2) is 249 Å². The minimum Gasteiger partial charge on any atom is -0.309 e. The van der Waals surface area contributed by atoms with Gasteiger partial charge in [-0.3, -0.25) is 0 Å². The highest BCUT2D eigenvalue weighted by molar-refractivity contribution is 6.16. The summed E-state index contributed by atoms with van der Waals surface area (Å²) in [5, 5.41) is 4.87. The van der Waals surface area contributed by atoms with Gasteiger partial charge in [0.15, 0.2) is 17.5 Å². The van der Waals surface area contributed by atoms with Gasteiger partial charge in [-0.1, -0.05) is 194 Å². The molecule has 3 heterocycles. The molecule has 0 spiro atoms. The predicted octanol–water partition coefficient (Wildman–Crippen LogP) is 16.1. The van der Waals surface area contributed by atoms with Crippen molar-refractivity contribution in [2.24, 2.45) is 0 Å². The number of para-hydroxylation sites is 3. The number of aromatic nitrogens is 5. The summed E-state index contributed by atoms with van der Waals surface area (Å²) in [5.41, 5.74) is 16.6. The molecule has 0 atom stereocenters. The van der Waals surface area contributed by atoms with Crippen LogP contribution in [0.4, 0.5) is 0 Å². The SMILES string of the molecule is c1ccc(-c2ccc(-c3nc(-c4ccccc4)nc(-c4cccc(-c5cccc6c5c5ccccc5n6-c5cccc(-c6ccc7c8ccccc8n(-c8ccccc8)c7c6)c5)c4)n3)cc2)cc1. The van der Waals surface area contributed by atoms with E-state index in [2.05, 4.69) is 221 Å². The molecule has 0 unspecified atom stereocenters. The van der Waals surface area contributed by atoms with Crippen LogP contribution in [0.5, 0.6) is 0 Å². The highest BCUT2D eigenvalue weighted by Crippen LogP contribution is 2.41. The van der Waals surface area contributed by atoms with Crippen LogP contribution in [0, 0.1) is 0 Å². The van der Waals surface area contributed by atoms with E-state index in [0.717, 1.165) is 61.4 Å². The second-order valence-electron chi connectivity index (χ2n) is 17.2. The van der Waals surface area contributed by atoms with Gasteiger partial charge in [0.2, 0.25) is 0 Å². The fourth-order valence-electron chi connectivity index (χ4n) is 9.99. The average Bonchev–Trinajstić information content (AvgIpc) is 3.94. The molecule has 0 aliphatic carbocycles. The van der Waals surface area contributed by atoms with E-state index >= 15 is 0 Å². The van der Waals surface area contributed by atoms with E-state index in [1.807, 2.05) is 36.4 Å². The number of nitrogens with zero attached hydrogens (tertiary/aromatic N) is 5. The average molecular weight is 868 g/mol. The lowest BCUT2D eigenvalue weighted by Crippen LogP contribution is -2.00. The molecule has 3 aromatic heterocycles. The Morgan fingerprint density at radius 2 is 0.676 bits per heavy atom. The highest BCUT2D eigenvalue weighted by Gasteiger charge is 2.19. The molecule has 5 heteroatoms. The molecule has 0 saturated heterocycles. The molecule has 68 heavy (non-hydrogen) atoms. The normalized spacial score (nSPS) is 11.5. The summed E-state index contributed by atoms with van der Waals surface area (Å²) >= 11 is 0. The first-order valence-electron chi connectivity index (χ1n) is 23.0. The molecule has 13 aromatic rings. The van der Waals surface area contributed by atoms with E-state index in [0.29, 0.717) is 17.5 Å². The zero-order valence-electron chi connectivity index (χ0n) is 36.9. The van der Waals surface area contributed by atoms with Gasteiger partial charge in [-0.2, -0.15) is 0 Å². The molecule has 0 fully saturated rings. The summed E-state index contributed by atoms with van der Waals surface area (Å²) < 4.78 is 4.79. The third kappa shape index (κ3) is 6.76. The lowest BCUT2D eigenvalue weighted by molar-refractivity contribution is 1.07. The van der Waals surface area contributed by atoms with Crippen molar-refractivity contribution in [1.29, 1.82) is 0 Å². The highest BCUT2D eigenvalue weighted by atomic mass is 15.0. The van der Waals surface area contributed by atoms with Crippen LogP contribution in [0.25, 0.3) is 123 Å². The van der Waals surface area contributed by atoms with Crippen molar-refractivity contribution in [1.82, 2.24) is 24.1 Å². The zero-order valence-corrected chi connectivity index (χ0v) is 36.9. The van der Waals surface area contributed by atoms with Gasteiger partial charge in [-0.05, 0) is 88.0 Å². The fourth-order valence-corrected chi connectivity index (χ4v) is 9.99. The van der Waals surface area contributed by atoms with Crippen molar-refractivity contribution >= 4 is 43.6 Å². The van der Waals surface area contributed by atoms with Gasteiger partial charge in [0, 0.05) is 49.6 Å². The summed E-state index contributed by atoms with van der Waals surface area (Å²) in [6, 6.07) is 88.3. The van der Waals surface area contributed by atoms with Crippen molar-refractivity contribution in [3.05, 3.63) is 249 Å². The minimum atomic E-state index is 0.622. The first-order chi connectivity index (χ1) is 33.7. The van der Waals surface area contributed by atoms with Gasteiger partial charge in [0.05, 0.1) is 22.1 Å². The summed E-state index contributed by atoms with van der Waals surface area (Å²) in [6.45, 7) is 0. The summed E-state index contributed by atoms with van der Waals surface area (Å²) in [6.07, 6.45) is 0. The van der Waals surface area contributed by atoms with Crippen LogP contribution in [0.1, 0.15) is 0 Å². The number of hydrogen-bond acceptors (Lipinski definition) is 3. The maximum atomic E-state index is 5.15. The Bertz CT molecular complexity index is 4000. The van der Waals surface area contributed by atoms with Crippen molar-refractivity contribution < 1.29 is 0 Å². The molecule has 0 aliphatic rings. The Balaban J connectivity index is 0.919. The molecular weight excluding hydrogens is 827 g/mol. The largest absolute Gasteiger partial charge is 0.309 e. The number of fused-ring (bicyclic) bond motifs is 6. The van der Waals surface area contributed by atoms with Crippen LogP contribution < -0.4 is 0 Å². The third-order valence-corrected chi connectivity index (χ3v) is 13.2. The van der Waals surface area contributed by atoms with E-state index in [-0.39, 0.29) is 0 Å². The lowest BCUT2D eigenvalue weighted by atomic mass is 9.97. The Kier molecular flexibility index (Phi) is 9.43. The van der Waals surface area contributed by atoms with Crippen LogP contribution >= 0.6 is 0 Å². The Morgan fingerprint density at radius 1 is 0.235 bits per heavy atom. The number of rotatable bonds is 8. The van der Waals surface area contributed by atoms with Gasteiger partial charge >= 0.3 is 0 Å². The van der Waals surface area contributed by atoms with Crippen molar-refractivity contribution in [3.63, 3.8) is 0 Å². The molecular formula is C63H41N5. The minimum absolute atomic E-state index is 0.622. The van der Waals surface area contributed by atoms with Crippen molar-refractivity contribution in [2.45, 2.75) is 0 Å². The van der Waals surface area contributed by atoms with Gasteiger partial charge < -0.3 is 9.13 Å². The first-order valence-corrected chi connectivity index (χ1v) is 23.0. The van der Waals surface area contributed by atoms with Gasteiger partial charge in [0.1, 0.15) is 0 Å². The van der Waals surface area contributed by atoms with Gasteiger partial charge in [0.25, 0.3) is 0 Å². The molecule has 0 radical (unpaired) electrons. The molecule has 5 nitrogen and oxygen atoms in total. The summed E-state index contributed by atoms with van der Waals surface area (Å²) in [4.78, 5) is 15.3. The third-order valence-electron chi connectivity index (χ3n) is 13.2. The zero-order chi connectivity index (χ0) is 45.0. The first kappa shape index (κ1) is 39.2. The molecule has 0 bridgehead atoms. The molecule has 318 valence electrons. The van der Waals surface area contributed by atoms with Crippen LogP contribution in [-0.2, 0) is 0 Å². The smallest absolute Gasteiger partial charge is 0.164 e. The standard InChI is InChI=1S/C63H41N5/c1-4-17-42(18-5-1)43-33-35-45(36-34-43)62-64-61(44-19-6-2-7-20-44)65-63(66-62)49-23-14-22-48(39-49)52-29-16-32-58-60(52)55-28-11-13-31-57(55)68(58)51-26-15-21-46(40-51)47-37-38-54-53-27-10-12-30-56(53)67(59(54)41-47)50-24-8-3-9-25-50/h1-41H. The molecule has 0 saturated carbocycles. The van der Waals surface area contributed by atoms with Crippen molar-refractivity contribution in [3.8, 4) is 78.9 Å². The maximum Gasteiger partial charge on any atom is 0.164 e. The lowest BCUT2D eigenvalue weighted by Gasteiger charge is -2.12. The van der Waals surface area contributed by atoms with Gasteiger partial charge in [-0.25, -0.2) is 15.0 Å². The Hall–Kier alpha value is -9.19. The summed E-state index contributed by atoms with van der Waals surface area (Å²) in [5.74, 6) is 1.88. The number of benzene rings is 10. The van der Waals surface area contributed by atoms with Crippen molar-refractivity contribution in [2.75, 3.05) is 0 Å². The number of hydrogen-bond donors (Lipinski definition) is 0. The molecule has 13 rings (SSSR count). The monoisotopic (exact) mass is 867 g/mol. The second kappa shape index (κ2) is 16.4. The fraction of sp³-hybridized carbons (Fsp3) is 0. The van der Waals surface area contributed by atoms with E-state index in [1.165, 1.54) is 43.7 Å². The quantitative estimate of drug-likeness (QED) is 0.153. The molecule has 0 amide bonds. The second-order valence-corrected chi connectivity index (χ2v) is 17.2. The predicted molar refractivity (Wildman–Crippen MR) is 281 cm³/mol. The summed E-state index contributed by atoms with van der Waals surface area (Å²) in [7, 11) is 0. The van der Waals surface area contributed by atoms with E-state index in [4.69, 9.17) is 15.0 Å². The van der Waals surface area contributed by atoms with E-state index in [9.17, 15) is 0 Å². The van der Waals surface area contributed by atoms with Crippen LogP contribution in [0.2, 0.25) is 0 Å². The Labute approximate surface area is 393 Å². The maximum absolute atomic E-state index is 5.15. The molecule has 0 N–H and O–H groups in total. The molecule has 10 aromatic carbocycles.